The lowest BCUT2D eigenvalue weighted by Crippen LogP contribution is -2.31. The second kappa shape index (κ2) is 5.70. The number of methoxy groups -OCH3 is 1. The molecule has 0 radical (unpaired) electrons. The number of nitrogens with two attached hydrogens (primary N) is 1. The summed E-state index contributed by atoms with van der Waals surface area (Å²) in [5.41, 5.74) is 2.96. The first-order chi connectivity index (χ1) is 7.17. The Balaban J connectivity index is 2.74. The van der Waals surface area contributed by atoms with E-state index in [1.54, 1.807) is 19.2 Å². The smallest absolute Gasteiger partial charge is 0.236 e. The number of carbonyl (C=O) groups excluding carboxylic acids is 1. The van der Waals surface area contributed by atoms with Crippen molar-refractivity contribution in [1.29, 1.82) is 0 Å². The summed E-state index contributed by atoms with van der Waals surface area (Å²) in [5.74, 6) is 4.73. The van der Waals surface area contributed by atoms with Crippen molar-refractivity contribution < 1.29 is 9.53 Å². The molecule has 0 spiro atoms. The number of hydrogen-bond acceptors (Lipinski definition) is 3. The highest BCUT2D eigenvalue weighted by atomic mass is 35.5. The third-order valence-electron chi connectivity index (χ3n) is 2.06. The lowest BCUT2D eigenvalue weighted by molar-refractivity contribution is -0.123. The Kier molecular flexibility index (Phi) is 4.55. The van der Waals surface area contributed by atoms with Gasteiger partial charge in [0, 0.05) is 12.1 Å². The lowest BCUT2D eigenvalue weighted by Gasteiger charge is -2.14. The number of hydrogen-bond donors (Lipinski definition) is 2. The number of rotatable bonds is 4. The molecular weight excluding hydrogens is 216 g/mol. The van der Waals surface area contributed by atoms with Crippen LogP contribution in [0.15, 0.2) is 24.3 Å². The summed E-state index contributed by atoms with van der Waals surface area (Å²) < 4.78 is 5.19. The molecular formula is C10H13ClN2O2. The van der Waals surface area contributed by atoms with Crippen LogP contribution in [-0.2, 0) is 9.53 Å². The molecule has 1 aromatic carbocycles. The lowest BCUT2D eigenvalue weighted by atomic mass is 10.1. The highest BCUT2D eigenvalue weighted by molar-refractivity contribution is 6.30. The standard InChI is InChI=1S/C10H13ClN2O2/c1-15-9(6-10(14)13-12)7-2-4-8(11)5-3-7/h2-5,9H,6,12H2,1H3,(H,13,14)/t9-/m0/s1. The molecule has 1 amide bonds. The van der Waals surface area contributed by atoms with E-state index in [2.05, 4.69) is 5.43 Å². The Labute approximate surface area is 93.3 Å². The predicted molar refractivity (Wildman–Crippen MR) is 58.1 cm³/mol. The fourth-order valence-corrected chi connectivity index (χ4v) is 1.37. The van der Waals surface area contributed by atoms with Crippen molar-refractivity contribution in [2.75, 3.05) is 7.11 Å². The van der Waals surface area contributed by atoms with Crippen molar-refractivity contribution in [3.8, 4) is 0 Å². The summed E-state index contributed by atoms with van der Waals surface area (Å²) in [6, 6.07) is 7.15. The second-order valence-corrected chi connectivity index (χ2v) is 3.48. The van der Waals surface area contributed by atoms with Gasteiger partial charge >= 0.3 is 0 Å². The Bertz CT molecular complexity index is 327. The predicted octanol–water partition coefficient (Wildman–Crippen LogP) is 1.41. The van der Waals surface area contributed by atoms with Crippen molar-refractivity contribution in [2.24, 2.45) is 5.84 Å². The first kappa shape index (κ1) is 12.0. The van der Waals surface area contributed by atoms with E-state index >= 15 is 0 Å². The second-order valence-electron chi connectivity index (χ2n) is 3.05. The molecule has 5 heteroatoms. The third kappa shape index (κ3) is 3.51. The molecule has 4 nitrogen and oxygen atoms in total. The molecule has 0 aliphatic rings. The monoisotopic (exact) mass is 228 g/mol. The molecule has 15 heavy (non-hydrogen) atoms. The molecule has 0 aromatic heterocycles. The molecule has 1 atom stereocenters. The van der Waals surface area contributed by atoms with Gasteiger partial charge in [0.2, 0.25) is 5.91 Å². The molecule has 3 N–H and O–H groups in total. The fourth-order valence-electron chi connectivity index (χ4n) is 1.24. The summed E-state index contributed by atoms with van der Waals surface area (Å²) in [6.07, 6.45) is -0.111. The highest BCUT2D eigenvalue weighted by Gasteiger charge is 2.14. The molecule has 0 saturated heterocycles. The van der Waals surface area contributed by atoms with E-state index < -0.39 is 0 Å². The first-order valence-electron chi connectivity index (χ1n) is 4.45. The minimum atomic E-state index is -0.300. The normalized spacial score (nSPS) is 12.2. The number of carbonyl (C=O) groups is 1. The zero-order valence-electron chi connectivity index (χ0n) is 8.37. The first-order valence-corrected chi connectivity index (χ1v) is 4.83. The van der Waals surface area contributed by atoms with Crippen molar-refractivity contribution >= 4 is 17.5 Å². The topological polar surface area (TPSA) is 64.3 Å². The van der Waals surface area contributed by atoms with Gasteiger partial charge in [-0.25, -0.2) is 5.84 Å². The number of nitrogens with one attached hydrogen (secondary N) is 1. The molecule has 1 aromatic rings. The fraction of sp³-hybridized carbons (Fsp3) is 0.300. The van der Waals surface area contributed by atoms with Gasteiger partial charge in [-0.05, 0) is 17.7 Å². The quantitative estimate of drug-likeness (QED) is 0.465. The highest BCUT2D eigenvalue weighted by Crippen LogP contribution is 2.21. The Morgan fingerprint density at radius 1 is 1.53 bits per heavy atom. The zero-order chi connectivity index (χ0) is 11.3. The average molecular weight is 229 g/mol. The summed E-state index contributed by atoms with van der Waals surface area (Å²) >= 11 is 5.75. The minimum Gasteiger partial charge on any atom is -0.376 e. The maximum absolute atomic E-state index is 11.1. The van der Waals surface area contributed by atoms with Gasteiger partial charge in [-0.3, -0.25) is 10.2 Å². The summed E-state index contributed by atoms with van der Waals surface area (Å²) in [7, 11) is 1.54. The van der Waals surface area contributed by atoms with Crippen LogP contribution in [0.3, 0.4) is 0 Å². The molecule has 0 aliphatic carbocycles. The van der Waals surface area contributed by atoms with Crippen LogP contribution < -0.4 is 11.3 Å². The summed E-state index contributed by atoms with van der Waals surface area (Å²) in [5, 5.41) is 0.650. The maximum Gasteiger partial charge on any atom is 0.236 e. The molecule has 0 unspecified atom stereocenters. The Hall–Kier alpha value is -1.10. The van der Waals surface area contributed by atoms with Crippen LogP contribution in [0.1, 0.15) is 18.1 Å². The van der Waals surface area contributed by atoms with Crippen molar-refractivity contribution in [3.63, 3.8) is 0 Å². The molecule has 0 fully saturated rings. The average Bonchev–Trinajstić information content (AvgIpc) is 2.27. The largest absolute Gasteiger partial charge is 0.376 e. The van der Waals surface area contributed by atoms with Crippen LogP contribution in [0, 0.1) is 0 Å². The van der Waals surface area contributed by atoms with Gasteiger partial charge in [-0.2, -0.15) is 0 Å². The SMILES string of the molecule is CO[C@@H](CC(=O)NN)c1ccc(Cl)cc1. The molecule has 0 bridgehead atoms. The van der Waals surface area contributed by atoms with Gasteiger partial charge in [0.05, 0.1) is 12.5 Å². The number of halogens is 1. The van der Waals surface area contributed by atoms with Crippen molar-refractivity contribution in [1.82, 2.24) is 5.43 Å². The van der Waals surface area contributed by atoms with Crippen LogP contribution in [0.2, 0.25) is 5.02 Å². The Morgan fingerprint density at radius 2 is 2.13 bits per heavy atom. The molecule has 0 saturated carbocycles. The molecule has 0 heterocycles. The van der Waals surface area contributed by atoms with E-state index in [-0.39, 0.29) is 18.4 Å². The number of benzene rings is 1. The molecule has 1 rings (SSSR count). The van der Waals surface area contributed by atoms with Gasteiger partial charge in [0.15, 0.2) is 0 Å². The summed E-state index contributed by atoms with van der Waals surface area (Å²) in [6.45, 7) is 0. The number of amides is 1. The van der Waals surface area contributed by atoms with Gasteiger partial charge in [-0.15, -0.1) is 0 Å². The van der Waals surface area contributed by atoms with Crippen molar-refractivity contribution in [3.05, 3.63) is 34.9 Å². The van der Waals surface area contributed by atoms with E-state index in [1.165, 1.54) is 0 Å². The van der Waals surface area contributed by atoms with Crippen molar-refractivity contribution in [2.45, 2.75) is 12.5 Å². The zero-order valence-corrected chi connectivity index (χ0v) is 9.12. The Morgan fingerprint density at radius 3 is 2.60 bits per heavy atom. The van der Waals surface area contributed by atoms with E-state index in [0.29, 0.717) is 5.02 Å². The van der Waals surface area contributed by atoms with Crippen LogP contribution in [0.4, 0.5) is 0 Å². The molecule has 0 aliphatic heterocycles. The van der Waals surface area contributed by atoms with Crippen LogP contribution in [-0.4, -0.2) is 13.0 Å². The van der Waals surface area contributed by atoms with Gasteiger partial charge < -0.3 is 4.74 Å². The number of ether oxygens (including phenoxy) is 1. The van der Waals surface area contributed by atoms with E-state index in [0.717, 1.165) is 5.56 Å². The third-order valence-corrected chi connectivity index (χ3v) is 2.31. The van der Waals surface area contributed by atoms with Gasteiger partial charge in [0.1, 0.15) is 0 Å². The van der Waals surface area contributed by atoms with E-state index in [1.807, 2.05) is 12.1 Å². The van der Waals surface area contributed by atoms with Crippen LogP contribution in [0.5, 0.6) is 0 Å². The van der Waals surface area contributed by atoms with E-state index in [9.17, 15) is 4.79 Å². The van der Waals surface area contributed by atoms with Crippen LogP contribution >= 0.6 is 11.6 Å². The minimum absolute atomic E-state index is 0.189. The number of hydrazine groups is 1. The summed E-state index contributed by atoms with van der Waals surface area (Å²) in [4.78, 5) is 11.1. The maximum atomic E-state index is 11.1. The van der Waals surface area contributed by atoms with E-state index in [4.69, 9.17) is 22.2 Å². The van der Waals surface area contributed by atoms with Gasteiger partial charge in [0.25, 0.3) is 0 Å². The molecule has 82 valence electrons. The van der Waals surface area contributed by atoms with Gasteiger partial charge in [-0.1, -0.05) is 23.7 Å². The van der Waals surface area contributed by atoms with Crippen LogP contribution in [0.25, 0.3) is 0 Å².